The third-order valence-electron chi connectivity index (χ3n) is 1.76. The van der Waals surface area contributed by atoms with Crippen LogP contribution in [0.1, 0.15) is 19.8 Å². The number of hydrogen-bond acceptors (Lipinski definition) is 2. The molecule has 0 bridgehead atoms. The minimum absolute atomic E-state index is 0.769. The standard InChI is InChI=1S/C11H21NO/c1-4-6-8-13-9-7-12-10-11(3)5-2/h4,12H,1,3,5-10H2,2H3. The summed E-state index contributed by atoms with van der Waals surface area (Å²) in [5.74, 6) is 0. The van der Waals surface area contributed by atoms with Gasteiger partial charge < -0.3 is 10.1 Å². The van der Waals surface area contributed by atoms with Crippen molar-refractivity contribution in [2.24, 2.45) is 0 Å². The predicted molar refractivity (Wildman–Crippen MR) is 57.9 cm³/mol. The third kappa shape index (κ3) is 9.31. The maximum Gasteiger partial charge on any atom is 0.0591 e. The van der Waals surface area contributed by atoms with Gasteiger partial charge in [0.25, 0.3) is 0 Å². The van der Waals surface area contributed by atoms with Crippen LogP contribution in [0.3, 0.4) is 0 Å². The summed E-state index contributed by atoms with van der Waals surface area (Å²) >= 11 is 0. The third-order valence-corrected chi connectivity index (χ3v) is 1.76. The fourth-order valence-electron chi connectivity index (χ4n) is 0.803. The van der Waals surface area contributed by atoms with Crippen molar-refractivity contribution in [2.45, 2.75) is 19.8 Å². The Bertz CT molecular complexity index is 143. The predicted octanol–water partition coefficient (Wildman–Crippen LogP) is 2.13. The summed E-state index contributed by atoms with van der Waals surface area (Å²) in [6.45, 7) is 13.0. The molecule has 0 heterocycles. The molecule has 0 spiro atoms. The zero-order valence-electron chi connectivity index (χ0n) is 8.64. The van der Waals surface area contributed by atoms with E-state index in [2.05, 4.69) is 25.4 Å². The number of rotatable bonds is 9. The molecule has 0 atom stereocenters. The van der Waals surface area contributed by atoms with Gasteiger partial charge >= 0.3 is 0 Å². The van der Waals surface area contributed by atoms with Gasteiger partial charge in [0.2, 0.25) is 0 Å². The van der Waals surface area contributed by atoms with E-state index in [1.54, 1.807) is 0 Å². The molecule has 2 nitrogen and oxygen atoms in total. The summed E-state index contributed by atoms with van der Waals surface area (Å²) in [5.41, 5.74) is 1.24. The van der Waals surface area contributed by atoms with E-state index in [9.17, 15) is 0 Å². The van der Waals surface area contributed by atoms with Gasteiger partial charge in [-0.15, -0.1) is 6.58 Å². The minimum atomic E-state index is 0.769. The van der Waals surface area contributed by atoms with Crippen molar-refractivity contribution in [3.05, 3.63) is 24.8 Å². The van der Waals surface area contributed by atoms with Crippen LogP contribution in [0.5, 0.6) is 0 Å². The molecule has 1 N–H and O–H groups in total. The van der Waals surface area contributed by atoms with Crippen molar-refractivity contribution in [1.29, 1.82) is 0 Å². The minimum Gasteiger partial charge on any atom is -0.380 e. The van der Waals surface area contributed by atoms with Crippen LogP contribution in [-0.4, -0.2) is 26.3 Å². The van der Waals surface area contributed by atoms with Crippen LogP contribution in [0, 0.1) is 0 Å². The molecule has 0 aromatic carbocycles. The van der Waals surface area contributed by atoms with Crippen molar-refractivity contribution in [2.75, 3.05) is 26.3 Å². The van der Waals surface area contributed by atoms with E-state index in [0.29, 0.717) is 0 Å². The summed E-state index contributed by atoms with van der Waals surface area (Å²) in [5, 5.41) is 3.26. The highest BCUT2D eigenvalue weighted by atomic mass is 16.5. The van der Waals surface area contributed by atoms with E-state index in [-0.39, 0.29) is 0 Å². The van der Waals surface area contributed by atoms with Crippen molar-refractivity contribution in [3.8, 4) is 0 Å². The first-order chi connectivity index (χ1) is 6.31. The van der Waals surface area contributed by atoms with Gasteiger partial charge in [-0.05, 0) is 12.8 Å². The molecule has 0 unspecified atom stereocenters. The molecule has 0 aromatic heterocycles. The van der Waals surface area contributed by atoms with Crippen LogP contribution in [0.15, 0.2) is 24.8 Å². The summed E-state index contributed by atoms with van der Waals surface area (Å²) in [6, 6.07) is 0. The fraction of sp³-hybridized carbons (Fsp3) is 0.636. The average Bonchev–Trinajstić information content (AvgIpc) is 2.16. The van der Waals surface area contributed by atoms with Crippen LogP contribution in [-0.2, 0) is 4.74 Å². The van der Waals surface area contributed by atoms with E-state index < -0.39 is 0 Å². The smallest absolute Gasteiger partial charge is 0.0591 e. The lowest BCUT2D eigenvalue weighted by molar-refractivity contribution is 0.141. The van der Waals surface area contributed by atoms with Crippen molar-refractivity contribution >= 4 is 0 Å². The van der Waals surface area contributed by atoms with E-state index in [4.69, 9.17) is 4.74 Å². The molecule has 13 heavy (non-hydrogen) atoms. The summed E-state index contributed by atoms with van der Waals surface area (Å²) in [4.78, 5) is 0. The Morgan fingerprint density at radius 3 is 2.85 bits per heavy atom. The maximum atomic E-state index is 5.33. The molecule has 76 valence electrons. The lowest BCUT2D eigenvalue weighted by Gasteiger charge is -2.05. The summed E-state index contributed by atoms with van der Waals surface area (Å²) in [6.07, 6.45) is 3.85. The van der Waals surface area contributed by atoms with E-state index >= 15 is 0 Å². The highest BCUT2D eigenvalue weighted by Crippen LogP contribution is 1.92. The van der Waals surface area contributed by atoms with Crippen LogP contribution < -0.4 is 5.32 Å². The first-order valence-electron chi connectivity index (χ1n) is 4.87. The monoisotopic (exact) mass is 183 g/mol. The molecule has 0 aliphatic rings. The second-order valence-electron chi connectivity index (χ2n) is 2.97. The zero-order valence-corrected chi connectivity index (χ0v) is 8.64. The molecule has 0 rings (SSSR count). The van der Waals surface area contributed by atoms with E-state index in [1.807, 2.05) is 6.08 Å². The fourth-order valence-corrected chi connectivity index (χ4v) is 0.803. The molecule has 0 saturated carbocycles. The largest absolute Gasteiger partial charge is 0.380 e. The van der Waals surface area contributed by atoms with Gasteiger partial charge in [-0.3, -0.25) is 0 Å². The van der Waals surface area contributed by atoms with E-state index in [1.165, 1.54) is 5.57 Å². The van der Waals surface area contributed by atoms with Gasteiger partial charge in [0.1, 0.15) is 0 Å². The number of hydrogen-bond donors (Lipinski definition) is 1. The zero-order chi connectivity index (χ0) is 9.94. The Hall–Kier alpha value is -0.600. The van der Waals surface area contributed by atoms with Crippen LogP contribution in [0.4, 0.5) is 0 Å². The van der Waals surface area contributed by atoms with Crippen molar-refractivity contribution in [1.82, 2.24) is 5.32 Å². The van der Waals surface area contributed by atoms with Gasteiger partial charge in [-0.2, -0.15) is 0 Å². The second kappa shape index (κ2) is 9.49. The quantitative estimate of drug-likeness (QED) is 0.437. The van der Waals surface area contributed by atoms with Crippen LogP contribution in [0.2, 0.25) is 0 Å². The van der Waals surface area contributed by atoms with Gasteiger partial charge in [0.05, 0.1) is 13.2 Å². The molecule has 0 radical (unpaired) electrons. The SMILES string of the molecule is C=CCCOCCNCC(=C)CC. The molecule has 0 aromatic rings. The lowest BCUT2D eigenvalue weighted by Crippen LogP contribution is -2.21. The molecular formula is C11H21NO. The van der Waals surface area contributed by atoms with Crippen molar-refractivity contribution in [3.63, 3.8) is 0 Å². The Morgan fingerprint density at radius 1 is 1.46 bits per heavy atom. The van der Waals surface area contributed by atoms with Crippen LogP contribution in [0.25, 0.3) is 0 Å². The lowest BCUT2D eigenvalue weighted by atomic mass is 10.2. The Kier molecular flexibility index (Phi) is 9.05. The van der Waals surface area contributed by atoms with Crippen LogP contribution >= 0.6 is 0 Å². The van der Waals surface area contributed by atoms with Crippen molar-refractivity contribution < 1.29 is 4.74 Å². The number of ether oxygens (including phenoxy) is 1. The molecular weight excluding hydrogens is 162 g/mol. The highest BCUT2D eigenvalue weighted by molar-refractivity contribution is 4.94. The summed E-state index contributed by atoms with van der Waals surface area (Å²) in [7, 11) is 0. The highest BCUT2D eigenvalue weighted by Gasteiger charge is 1.90. The van der Waals surface area contributed by atoms with Gasteiger partial charge in [-0.1, -0.05) is 25.2 Å². The molecule has 0 aliphatic carbocycles. The van der Waals surface area contributed by atoms with Gasteiger partial charge in [0.15, 0.2) is 0 Å². The maximum absolute atomic E-state index is 5.33. The van der Waals surface area contributed by atoms with E-state index in [0.717, 1.165) is 39.1 Å². The molecule has 0 fully saturated rings. The average molecular weight is 183 g/mol. The normalized spacial score (nSPS) is 9.92. The topological polar surface area (TPSA) is 21.3 Å². The molecule has 2 heteroatoms. The van der Waals surface area contributed by atoms with Gasteiger partial charge in [-0.25, -0.2) is 0 Å². The summed E-state index contributed by atoms with van der Waals surface area (Å²) < 4.78 is 5.33. The van der Waals surface area contributed by atoms with Gasteiger partial charge in [0, 0.05) is 13.1 Å². The number of nitrogens with one attached hydrogen (secondary N) is 1. The Labute approximate surface area is 81.7 Å². The Balaban J connectivity index is 2.99. The molecule has 0 saturated heterocycles. The first-order valence-corrected chi connectivity index (χ1v) is 4.87. The molecule has 0 amide bonds. The second-order valence-corrected chi connectivity index (χ2v) is 2.97. The Morgan fingerprint density at radius 2 is 2.23 bits per heavy atom. The molecule has 0 aliphatic heterocycles. The first kappa shape index (κ1) is 12.4.